The van der Waals surface area contributed by atoms with E-state index in [0.717, 1.165) is 12.8 Å². The number of carboxylic acids is 1. The van der Waals surface area contributed by atoms with Crippen molar-refractivity contribution in [1.29, 1.82) is 0 Å². The summed E-state index contributed by atoms with van der Waals surface area (Å²) in [5.74, 6) is -0.0193. The number of halogens is 1. The van der Waals surface area contributed by atoms with Crippen molar-refractivity contribution >= 4 is 23.5 Å². The molecule has 23 heavy (non-hydrogen) atoms. The van der Waals surface area contributed by atoms with Gasteiger partial charge in [-0.05, 0) is 25.0 Å². The van der Waals surface area contributed by atoms with Gasteiger partial charge in [-0.1, -0.05) is 23.7 Å². The Labute approximate surface area is 141 Å². The fourth-order valence-corrected chi connectivity index (χ4v) is 2.83. The Bertz CT molecular complexity index is 541. The molecular weight excluding hydrogens is 318 g/mol. The number of ether oxygens (including phenoxy) is 1. The SMILES string of the molecule is O=C(O)CCCCC(=O)N1CCC(Oc2ccccc2Cl)CC1. The Morgan fingerprint density at radius 1 is 1.17 bits per heavy atom. The van der Waals surface area contributed by atoms with Gasteiger partial charge in [-0.15, -0.1) is 0 Å². The molecule has 0 aliphatic carbocycles. The highest BCUT2D eigenvalue weighted by atomic mass is 35.5. The van der Waals surface area contributed by atoms with E-state index in [2.05, 4.69) is 0 Å². The van der Waals surface area contributed by atoms with Crippen molar-refractivity contribution in [3.05, 3.63) is 29.3 Å². The van der Waals surface area contributed by atoms with E-state index in [0.29, 0.717) is 43.1 Å². The monoisotopic (exact) mass is 339 g/mol. The number of aliphatic carboxylic acids is 1. The predicted octanol–water partition coefficient (Wildman–Crippen LogP) is 3.35. The van der Waals surface area contributed by atoms with Crippen molar-refractivity contribution in [3.8, 4) is 5.75 Å². The predicted molar refractivity (Wildman–Crippen MR) is 87.8 cm³/mol. The average molecular weight is 340 g/mol. The summed E-state index contributed by atoms with van der Waals surface area (Å²) in [6.07, 6.45) is 3.36. The molecule has 1 aromatic carbocycles. The van der Waals surface area contributed by atoms with E-state index in [1.807, 2.05) is 23.1 Å². The lowest BCUT2D eigenvalue weighted by atomic mass is 10.1. The lowest BCUT2D eigenvalue weighted by Gasteiger charge is -2.32. The maximum atomic E-state index is 12.1. The molecule has 1 aromatic rings. The number of amides is 1. The van der Waals surface area contributed by atoms with E-state index >= 15 is 0 Å². The molecule has 0 saturated carbocycles. The van der Waals surface area contributed by atoms with Crippen molar-refractivity contribution in [2.75, 3.05) is 13.1 Å². The van der Waals surface area contributed by atoms with Crippen LogP contribution in [-0.2, 0) is 9.59 Å². The third-order valence-corrected chi connectivity index (χ3v) is 4.27. The van der Waals surface area contributed by atoms with E-state index in [-0.39, 0.29) is 18.4 Å². The fourth-order valence-electron chi connectivity index (χ4n) is 2.65. The number of hydrogen-bond donors (Lipinski definition) is 1. The van der Waals surface area contributed by atoms with Crippen molar-refractivity contribution < 1.29 is 19.4 Å². The van der Waals surface area contributed by atoms with Gasteiger partial charge in [0.25, 0.3) is 0 Å². The van der Waals surface area contributed by atoms with E-state index in [4.69, 9.17) is 21.4 Å². The molecule has 1 amide bonds. The van der Waals surface area contributed by atoms with Gasteiger partial charge in [0.15, 0.2) is 0 Å². The van der Waals surface area contributed by atoms with Crippen LogP contribution in [0.3, 0.4) is 0 Å². The van der Waals surface area contributed by atoms with Crippen LogP contribution in [0.5, 0.6) is 5.75 Å². The van der Waals surface area contributed by atoms with Crippen LogP contribution in [0.25, 0.3) is 0 Å². The third-order valence-electron chi connectivity index (χ3n) is 3.96. The van der Waals surface area contributed by atoms with Gasteiger partial charge in [-0.3, -0.25) is 9.59 Å². The Kier molecular flexibility index (Phi) is 6.71. The Morgan fingerprint density at radius 3 is 2.48 bits per heavy atom. The molecule has 5 nitrogen and oxygen atoms in total. The molecule has 1 aliphatic heterocycles. The molecular formula is C17H22ClNO4. The number of carbonyl (C=O) groups excluding carboxylic acids is 1. The highest BCUT2D eigenvalue weighted by Crippen LogP contribution is 2.26. The van der Waals surface area contributed by atoms with Gasteiger partial charge in [0, 0.05) is 38.8 Å². The molecule has 2 rings (SSSR count). The number of nitrogens with zero attached hydrogens (tertiary/aromatic N) is 1. The first-order chi connectivity index (χ1) is 11.1. The van der Waals surface area contributed by atoms with E-state index in [1.54, 1.807) is 6.07 Å². The fraction of sp³-hybridized carbons (Fsp3) is 0.529. The zero-order valence-corrected chi connectivity index (χ0v) is 13.8. The van der Waals surface area contributed by atoms with Gasteiger partial charge >= 0.3 is 5.97 Å². The van der Waals surface area contributed by atoms with Crippen molar-refractivity contribution in [2.24, 2.45) is 0 Å². The summed E-state index contributed by atoms with van der Waals surface area (Å²) in [4.78, 5) is 24.4. The van der Waals surface area contributed by atoms with Crippen LogP contribution in [-0.4, -0.2) is 41.1 Å². The molecule has 0 radical (unpaired) electrons. The smallest absolute Gasteiger partial charge is 0.303 e. The summed E-state index contributed by atoms with van der Waals surface area (Å²) in [6.45, 7) is 1.35. The standard InChI is InChI=1S/C17H22ClNO4/c18-14-5-1-2-6-15(14)23-13-9-11-19(12-10-13)16(20)7-3-4-8-17(21)22/h1-2,5-6,13H,3-4,7-12H2,(H,21,22). The van der Waals surface area contributed by atoms with E-state index in [9.17, 15) is 9.59 Å². The second-order valence-electron chi connectivity index (χ2n) is 5.73. The number of carboxylic acid groups (broad SMARTS) is 1. The van der Waals surface area contributed by atoms with E-state index in [1.165, 1.54) is 0 Å². The van der Waals surface area contributed by atoms with Gasteiger partial charge in [-0.25, -0.2) is 0 Å². The van der Waals surface area contributed by atoms with Gasteiger partial charge < -0.3 is 14.7 Å². The molecule has 1 aliphatic rings. The first-order valence-electron chi connectivity index (χ1n) is 7.97. The zero-order chi connectivity index (χ0) is 16.7. The molecule has 0 aromatic heterocycles. The van der Waals surface area contributed by atoms with Crippen LogP contribution < -0.4 is 4.74 Å². The lowest BCUT2D eigenvalue weighted by molar-refractivity contribution is -0.138. The van der Waals surface area contributed by atoms with Gasteiger partial charge in [0.05, 0.1) is 5.02 Å². The van der Waals surface area contributed by atoms with Crippen LogP contribution in [0, 0.1) is 0 Å². The molecule has 0 bridgehead atoms. The summed E-state index contributed by atoms with van der Waals surface area (Å²) in [6, 6.07) is 7.40. The summed E-state index contributed by atoms with van der Waals surface area (Å²) >= 11 is 6.08. The van der Waals surface area contributed by atoms with Crippen LogP contribution in [0.4, 0.5) is 0 Å². The topological polar surface area (TPSA) is 66.8 Å². The third kappa shape index (κ3) is 5.75. The Hall–Kier alpha value is -1.75. The molecule has 0 atom stereocenters. The lowest BCUT2D eigenvalue weighted by Crippen LogP contribution is -2.41. The number of para-hydroxylation sites is 1. The van der Waals surface area contributed by atoms with Crippen molar-refractivity contribution in [3.63, 3.8) is 0 Å². The van der Waals surface area contributed by atoms with Crippen molar-refractivity contribution in [2.45, 2.75) is 44.6 Å². The molecule has 126 valence electrons. The Morgan fingerprint density at radius 2 is 1.83 bits per heavy atom. The first-order valence-corrected chi connectivity index (χ1v) is 8.35. The quantitative estimate of drug-likeness (QED) is 0.773. The Balaban J connectivity index is 1.70. The molecule has 6 heteroatoms. The number of carbonyl (C=O) groups is 2. The van der Waals surface area contributed by atoms with Crippen LogP contribution in [0.15, 0.2) is 24.3 Å². The summed E-state index contributed by atoms with van der Waals surface area (Å²) in [5.41, 5.74) is 0. The molecule has 0 unspecified atom stereocenters. The highest BCUT2D eigenvalue weighted by molar-refractivity contribution is 6.32. The second kappa shape index (κ2) is 8.77. The largest absolute Gasteiger partial charge is 0.489 e. The number of unbranched alkanes of at least 4 members (excludes halogenated alkanes) is 1. The number of rotatable bonds is 7. The molecule has 1 N–H and O–H groups in total. The number of piperidine rings is 1. The zero-order valence-electron chi connectivity index (χ0n) is 13.0. The maximum Gasteiger partial charge on any atom is 0.303 e. The first kappa shape index (κ1) is 17.6. The van der Waals surface area contributed by atoms with Crippen LogP contribution >= 0.6 is 11.6 Å². The van der Waals surface area contributed by atoms with Gasteiger partial charge in [0.1, 0.15) is 11.9 Å². The number of hydrogen-bond acceptors (Lipinski definition) is 3. The van der Waals surface area contributed by atoms with Gasteiger partial charge in [-0.2, -0.15) is 0 Å². The number of likely N-dealkylation sites (tertiary alicyclic amines) is 1. The van der Waals surface area contributed by atoms with Crippen molar-refractivity contribution in [1.82, 2.24) is 4.90 Å². The normalized spacial score (nSPS) is 15.4. The van der Waals surface area contributed by atoms with Gasteiger partial charge in [0.2, 0.25) is 5.91 Å². The minimum atomic E-state index is -0.810. The summed E-state index contributed by atoms with van der Waals surface area (Å²) in [7, 11) is 0. The number of benzene rings is 1. The average Bonchev–Trinajstić information content (AvgIpc) is 2.54. The van der Waals surface area contributed by atoms with Crippen LogP contribution in [0.2, 0.25) is 5.02 Å². The molecule has 0 spiro atoms. The van der Waals surface area contributed by atoms with Crippen LogP contribution in [0.1, 0.15) is 38.5 Å². The minimum Gasteiger partial charge on any atom is -0.489 e. The molecule has 1 heterocycles. The maximum absolute atomic E-state index is 12.1. The summed E-state index contributed by atoms with van der Waals surface area (Å²) in [5, 5.41) is 9.18. The summed E-state index contributed by atoms with van der Waals surface area (Å²) < 4.78 is 5.90. The molecule has 1 saturated heterocycles. The highest BCUT2D eigenvalue weighted by Gasteiger charge is 2.24. The van der Waals surface area contributed by atoms with E-state index < -0.39 is 5.97 Å². The second-order valence-corrected chi connectivity index (χ2v) is 6.14. The minimum absolute atomic E-state index is 0.0750. The molecule has 1 fully saturated rings.